The molecule has 29 heavy (non-hydrogen) atoms. The number of aryl methyl sites for hydroxylation is 2. The molecule has 2 heterocycles. The van der Waals surface area contributed by atoms with Crippen LogP contribution in [0.15, 0.2) is 24.3 Å². The minimum atomic E-state index is -0.347. The third-order valence-corrected chi connectivity index (χ3v) is 5.27. The molecule has 0 aliphatic carbocycles. The van der Waals surface area contributed by atoms with Crippen molar-refractivity contribution in [3.8, 4) is 0 Å². The van der Waals surface area contributed by atoms with Crippen molar-refractivity contribution in [1.82, 2.24) is 14.9 Å². The third kappa shape index (κ3) is 5.16. The van der Waals surface area contributed by atoms with Crippen molar-refractivity contribution < 1.29 is 14.0 Å². The first-order chi connectivity index (χ1) is 13.9. The summed E-state index contributed by atoms with van der Waals surface area (Å²) >= 11 is 0. The lowest BCUT2D eigenvalue weighted by Crippen LogP contribution is -2.28. The molecule has 1 atom stereocenters. The Bertz CT molecular complexity index is 875. The first-order valence-electron chi connectivity index (χ1n) is 10.0. The Balaban J connectivity index is 1.67. The van der Waals surface area contributed by atoms with E-state index in [9.17, 15) is 14.0 Å². The van der Waals surface area contributed by atoms with Gasteiger partial charge in [-0.25, -0.2) is 14.4 Å². The molecule has 1 aromatic carbocycles. The zero-order chi connectivity index (χ0) is 21.0. The number of amides is 2. The third-order valence-electron chi connectivity index (χ3n) is 5.27. The Kier molecular flexibility index (Phi) is 6.56. The van der Waals surface area contributed by atoms with Gasteiger partial charge in [0.2, 0.25) is 11.8 Å². The van der Waals surface area contributed by atoms with Crippen LogP contribution < -0.4 is 5.32 Å². The highest BCUT2D eigenvalue weighted by molar-refractivity contribution is 5.92. The molecule has 0 bridgehead atoms. The van der Waals surface area contributed by atoms with E-state index in [-0.39, 0.29) is 30.0 Å². The van der Waals surface area contributed by atoms with Gasteiger partial charge in [-0.05, 0) is 51.0 Å². The van der Waals surface area contributed by atoms with E-state index in [0.29, 0.717) is 18.7 Å². The molecule has 1 aliphatic heterocycles. The summed E-state index contributed by atoms with van der Waals surface area (Å²) in [6.45, 7) is 7.17. The van der Waals surface area contributed by atoms with Crippen LogP contribution in [0.1, 0.15) is 54.9 Å². The van der Waals surface area contributed by atoms with Crippen molar-refractivity contribution in [1.29, 1.82) is 0 Å². The predicted octanol–water partition coefficient (Wildman–Crippen LogP) is 3.53. The van der Waals surface area contributed by atoms with Crippen molar-refractivity contribution in [3.63, 3.8) is 0 Å². The molecule has 6 nitrogen and oxygen atoms in total. The highest BCUT2D eigenvalue weighted by Crippen LogP contribution is 2.27. The molecule has 1 unspecified atom stereocenters. The average Bonchev–Trinajstić information content (AvgIpc) is 3.17. The Morgan fingerprint density at radius 2 is 1.83 bits per heavy atom. The van der Waals surface area contributed by atoms with E-state index in [1.165, 1.54) is 24.3 Å². The van der Waals surface area contributed by atoms with Crippen molar-refractivity contribution in [2.45, 2.75) is 52.4 Å². The number of hydrogen-bond donors (Lipinski definition) is 1. The molecule has 2 aromatic rings. The van der Waals surface area contributed by atoms with Crippen LogP contribution in [-0.2, 0) is 16.0 Å². The summed E-state index contributed by atoms with van der Waals surface area (Å²) in [6.07, 6.45) is 2.44. The van der Waals surface area contributed by atoms with Crippen LogP contribution in [0.5, 0.6) is 0 Å². The maximum atomic E-state index is 13.0. The molecule has 2 amide bonds. The van der Waals surface area contributed by atoms with Crippen LogP contribution in [0.2, 0.25) is 0 Å². The topological polar surface area (TPSA) is 75.2 Å². The maximum absolute atomic E-state index is 13.0. The quantitative estimate of drug-likeness (QED) is 0.808. The minimum Gasteiger partial charge on any atom is -0.342 e. The van der Waals surface area contributed by atoms with Gasteiger partial charge >= 0.3 is 0 Å². The lowest BCUT2D eigenvalue weighted by molar-refractivity contribution is -0.130. The largest absolute Gasteiger partial charge is 0.342 e. The highest BCUT2D eigenvalue weighted by Gasteiger charge is 2.29. The van der Waals surface area contributed by atoms with E-state index in [4.69, 9.17) is 0 Å². The predicted molar refractivity (Wildman–Crippen MR) is 109 cm³/mol. The van der Waals surface area contributed by atoms with E-state index < -0.39 is 0 Å². The number of nitrogens with zero attached hydrogens (tertiary/aromatic N) is 3. The fourth-order valence-corrected chi connectivity index (χ4v) is 3.67. The second-order valence-electron chi connectivity index (χ2n) is 7.54. The molecule has 1 aliphatic rings. The number of nitrogens with one attached hydrogen (secondary N) is 1. The van der Waals surface area contributed by atoms with Crippen LogP contribution in [0.3, 0.4) is 0 Å². The van der Waals surface area contributed by atoms with Crippen LogP contribution in [0, 0.1) is 19.7 Å². The summed E-state index contributed by atoms with van der Waals surface area (Å²) in [5.41, 5.74) is 2.90. The standard InChI is InChI=1S/C22H27FN4O2/c1-4-5-21(29)27-11-10-16(13-27)22-24-14(2)19(15(3)25-22)12-20(28)26-18-8-6-17(23)7-9-18/h6-9,16H,4-5,10-13H2,1-3H3,(H,26,28). The molecule has 0 saturated carbocycles. The van der Waals surface area contributed by atoms with Gasteiger partial charge in [-0.3, -0.25) is 9.59 Å². The number of anilines is 1. The number of rotatable bonds is 6. The number of carbonyl (C=O) groups excluding carboxylic acids is 2. The van der Waals surface area contributed by atoms with Crippen LogP contribution >= 0.6 is 0 Å². The fourth-order valence-electron chi connectivity index (χ4n) is 3.67. The number of benzene rings is 1. The normalized spacial score (nSPS) is 16.1. The Labute approximate surface area is 170 Å². The van der Waals surface area contributed by atoms with Crippen molar-refractivity contribution >= 4 is 17.5 Å². The van der Waals surface area contributed by atoms with Crippen LogP contribution in [0.25, 0.3) is 0 Å². The summed E-state index contributed by atoms with van der Waals surface area (Å²) in [5.74, 6) is 0.527. The fraction of sp³-hybridized carbons (Fsp3) is 0.455. The molecule has 1 fully saturated rings. The number of likely N-dealkylation sites (tertiary alicyclic amines) is 1. The zero-order valence-corrected chi connectivity index (χ0v) is 17.2. The second kappa shape index (κ2) is 9.11. The van der Waals surface area contributed by atoms with Gasteiger partial charge < -0.3 is 10.2 Å². The molecule has 1 saturated heterocycles. The highest BCUT2D eigenvalue weighted by atomic mass is 19.1. The molecule has 1 aromatic heterocycles. The van der Waals surface area contributed by atoms with Gasteiger partial charge in [0.15, 0.2) is 0 Å². The summed E-state index contributed by atoms with van der Waals surface area (Å²) in [5, 5.41) is 2.77. The molecule has 1 N–H and O–H groups in total. The monoisotopic (exact) mass is 398 g/mol. The van der Waals surface area contributed by atoms with Gasteiger partial charge in [-0.2, -0.15) is 0 Å². The van der Waals surface area contributed by atoms with Gasteiger partial charge in [-0.15, -0.1) is 0 Å². The van der Waals surface area contributed by atoms with Gasteiger partial charge in [0.05, 0.1) is 6.42 Å². The summed E-state index contributed by atoms with van der Waals surface area (Å²) in [6, 6.07) is 5.66. The Morgan fingerprint density at radius 1 is 1.17 bits per heavy atom. The molecular formula is C22H27FN4O2. The summed E-state index contributed by atoms with van der Waals surface area (Å²) < 4.78 is 13.0. The molecule has 7 heteroatoms. The van der Waals surface area contributed by atoms with Crippen LogP contribution in [-0.4, -0.2) is 39.8 Å². The van der Waals surface area contributed by atoms with Crippen LogP contribution in [0.4, 0.5) is 10.1 Å². The van der Waals surface area contributed by atoms with E-state index in [1.807, 2.05) is 25.7 Å². The van der Waals surface area contributed by atoms with Gasteiger partial charge in [0.1, 0.15) is 11.6 Å². The zero-order valence-electron chi connectivity index (χ0n) is 17.2. The maximum Gasteiger partial charge on any atom is 0.228 e. The van der Waals surface area contributed by atoms with E-state index in [1.54, 1.807) is 0 Å². The Hall–Kier alpha value is -2.83. The van der Waals surface area contributed by atoms with Gasteiger partial charge in [0.25, 0.3) is 0 Å². The van der Waals surface area contributed by atoms with Crippen molar-refractivity contribution in [3.05, 3.63) is 52.9 Å². The van der Waals surface area contributed by atoms with E-state index in [0.717, 1.165) is 42.2 Å². The SMILES string of the molecule is CCCC(=O)N1CCC(c2nc(C)c(CC(=O)Nc3ccc(F)cc3)c(C)n2)C1. The lowest BCUT2D eigenvalue weighted by Gasteiger charge is -2.17. The number of halogens is 1. The summed E-state index contributed by atoms with van der Waals surface area (Å²) in [4.78, 5) is 35.7. The summed E-state index contributed by atoms with van der Waals surface area (Å²) in [7, 11) is 0. The Morgan fingerprint density at radius 3 is 2.45 bits per heavy atom. The number of carbonyl (C=O) groups is 2. The van der Waals surface area contributed by atoms with E-state index >= 15 is 0 Å². The van der Waals surface area contributed by atoms with Crippen molar-refractivity contribution in [2.24, 2.45) is 0 Å². The first-order valence-corrected chi connectivity index (χ1v) is 10.0. The average molecular weight is 398 g/mol. The minimum absolute atomic E-state index is 0.135. The molecular weight excluding hydrogens is 371 g/mol. The first kappa shape index (κ1) is 20.9. The molecule has 0 spiro atoms. The molecule has 154 valence electrons. The van der Waals surface area contributed by atoms with Crippen molar-refractivity contribution in [2.75, 3.05) is 18.4 Å². The lowest BCUT2D eigenvalue weighted by atomic mass is 10.0. The van der Waals surface area contributed by atoms with Gasteiger partial charge in [0, 0.05) is 48.1 Å². The van der Waals surface area contributed by atoms with Gasteiger partial charge in [-0.1, -0.05) is 6.92 Å². The molecule has 3 rings (SSSR count). The molecule has 0 radical (unpaired) electrons. The smallest absolute Gasteiger partial charge is 0.228 e. The number of hydrogen-bond acceptors (Lipinski definition) is 4. The second-order valence-corrected chi connectivity index (χ2v) is 7.54. The van der Waals surface area contributed by atoms with E-state index in [2.05, 4.69) is 15.3 Å². The number of aromatic nitrogens is 2.